The Balaban J connectivity index is 1.67. The van der Waals surface area contributed by atoms with Gasteiger partial charge in [-0.05, 0) is 54.7 Å². The molecule has 0 saturated carbocycles. The van der Waals surface area contributed by atoms with Gasteiger partial charge in [-0.2, -0.15) is 13.2 Å². The molecule has 1 aliphatic rings. The number of benzene rings is 1. The number of nitrogens with zero attached hydrogens (tertiary/aromatic N) is 1. The Morgan fingerprint density at radius 1 is 1.16 bits per heavy atom. The highest BCUT2D eigenvalue weighted by atomic mass is 19.4. The molecule has 9 heteroatoms. The van der Waals surface area contributed by atoms with Crippen molar-refractivity contribution in [2.75, 3.05) is 13.2 Å². The third kappa shape index (κ3) is 4.82. The van der Waals surface area contributed by atoms with Crippen LogP contribution in [0.3, 0.4) is 0 Å². The maximum absolute atomic E-state index is 13.0. The summed E-state index contributed by atoms with van der Waals surface area (Å²) >= 11 is 0. The van der Waals surface area contributed by atoms with Gasteiger partial charge in [0, 0.05) is 5.39 Å². The van der Waals surface area contributed by atoms with Crippen LogP contribution in [-0.4, -0.2) is 36.2 Å². The number of pyridine rings is 1. The Morgan fingerprint density at radius 2 is 1.97 bits per heavy atom. The summed E-state index contributed by atoms with van der Waals surface area (Å²) in [5.74, 6) is -1.14. The van der Waals surface area contributed by atoms with Crippen LogP contribution < -0.4 is 5.32 Å². The Bertz CT molecular complexity index is 1180. The van der Waals surface area contributed by atoms with Crippen LogP contribution in [0.25, 0.3) is 22.6 Å². The molecule has 0 bridgehead atoms. The molecule has 2 heterocycles. The minimum Gasteiger partial charge on any atom is -0.465 e. The fourth-order valence-electron chi connectivity index (χ4n) is 3.71. The lowest BCUT2D eigenvalue weighted by molar-refractivity contribution is -0.140. The van der Waals surface area contributed by atoms with E-state index in [1.54, 1.807) is 41.9 Å². The molecule has 32 heavy (non-hydrogen) atoms. The molecule has 0 radical (unpaired) electrons. The van der Waals surface area contributed by atoms with Crippen molar-refractivity contribution >= 4 is 34.4 Å². The first-order valence-corrected chi connectivity index (χ1v) is 9.98. The third-order valence-corrected chi connectivity index (χ3v) is 5.05. The fraction of sp³-hybridized carbons (Fsp3) is 0.261. The lowest BCUT2D eigenvalue weighted by Crippen LogP contribution is -2.36. The summed E-state index contributed by atoms with van der Waals surface area (Å²) in [6.07, 6.45) is 0.986. The zero-order chi connectivity index (χ0) is 22.7. The zero-order valence-corrected chi connectivity index (χ0v) is 16.9. The van der Waals surface area contributed by atoms with Crippen molar-refractivity contribution in [3.63, 3.8) is 0 Å². The van der Waals surface area contributed by atoms with Gasteiger partial charge in [-0.1, -0.05) is 18.2 Å². The van der Waals surface area contributed by atoms with E-state index in [9.17, 15) is 22.8 Å². The molecule has 0 aliphatic heterocycles. The number of aromatic nitrogens is 1. The van der Waals surface area contributed by atoms with Gasteiger partial charge in [0.2, 0.25) is 0 Å². The summed E-state index contributed by atoms with van der Waals surface area (Å²) in [6.45, 7) is -2.30. The van der Waals surface area contributed by atoms with Crippen LogP contribution in [0.1, 0.15) is 40.2 Å². The molecule has 1 N–H and O–H groups in total. The molecule has 4 rings (SSSR count). The normalized spacial score (nSPS) is 14.9. The van der Waals surface area contributed by atoms with Crippen molar-refractivity contribution < 1.29 is 31.9 Å². The largest absolute Gasteiger partial charge is 0.465 e. The number of ether oxygens (including phenoxy) is 1. The molecular formula is C23H19F3N2O4. The van der Waals surface area contributed by atoms with E-state index in [1.807, 2.05) is 12.1 Å². The molecule has 1 aliphatic carbocycles. The SMILES string of the molecule is O=C(COC(=O)c1c2c(nc3ccccc13)C(=Cc1ccco1)CCC2)NCC(F)(F)F. The van der Waals surface area contributed by atoms with E-state index < -0.39 is 31.2 Å². The van der Waals surface area contributed by atoms with Crippen LogP contribution in [0, 0.1) is 0 Å². The van der Waals surface area contributed by atoms with E-state index in [-0.39, 0.29) is 5.56 Å². The lowest BCUT2D eigenvalue weighted by Gasteiger charge is -2.22. The van der Waals surface area contributed by atoms with Crippen LogP contribution in [0.2, 0.25) is 0 Å². The van der Waals surface area contributed by atoms with Gasteiger partial charge in [0.1, 0.15) is 12.3 Å². The maximum Gasteiger partial charge on any atom is 0.405 e. The van der Waals surface area contributed by atoms with Crippen molar-refractivity contribution in [3.05, 3.63) is 65.2 Å². The minimum absolute atomic E-state index is 0.277. The maximum atomic E-state index is 13.0. The van der Waals surface area contributed by atoms with E-state index in [1.165, 1.54) is 0 Å². The number of allylic oxidation sites excluding steroid dienone is 1. The topological polar surface area (TPSA) is 81.4 Å². The fourth-order valence-corrected chi connectivity index (χ4v) is 3.71. The first kappa shape index (κ1) is 21.6. The first-order valence-electron chi connectivity index (χ1n) is 9.98. The molecular weight excluding hydrogens is 425 g/mol. The Kier molecular flexibility index (Phi) is 5.98. The first-order chi connectivity index (χ1) is 15.3. The number of rotatable bonds is 5. The number of nitrogens with one attached hydrogen (secondary N) is 1. The molecule has 0 fully saturated rings. The summed E-state index contributed by atoms with van der Waals surface area (Å²) in [6, 6.07) is 10.6. The quantitative estimate of drug-likeness (QED) is 0.585. The summed E-state index contributed by atoms with van der Waals surface area (Å²) in [7, 11) is 0. The second kappa shape index (κ2) is 8.86. The van der Waals surface area contributed by atoms with Gasteiger partial charge in [0.25, 0.3) is 5.91 Å². The van der Waals surface area contributed by atoms with Gasteiger partial charge < -0.3 is 14.5 Å². The van der Waals surface area contributed by atoms with Gasteiger partial charge in [-0.3, -0.25) is 4.79 Å². The van der Waals surface area contributed by atoms with Crippen molar-refractivity contribution in [2.24, 2.45) is 0 Å². The van der Waals surface area contributed by atoms with E-state index in [4.69, 9.17) is 14.1 Å². The highest BCUT2D eigenvalue weighted by Gasteiger charge is 2.29. The van der Waals surface area contributed by atoms with E-state index in [0.29, 0.717) is 34.3 Å². The second-order valence-corrected chi connectivity index (χ2v) is 7.34. The number of fused-ring (bicyclic) bond motifs is 2. The number of hydrogen-bond donors (Lipinski definition) is 1. The van der Waals surface area contributed by atoms with Gasteiger partial charge in [0.15, 0.2) is 6.61 Å². The number of para-hydroxylation sites is 1. The molecule has 0 spiro atoms. The number of hydrogen-bond acceptors (Lipinski definition) is 5. The molecule has 166 valence electrons. The zero-order valence-electron chi connectivity index (χ0n) is 16.9. The number of esters is 1. The summed E-state index contributed by atoms with van der Waals surface area (Å²) < 4.78 is 47.3. The van der Waals surface area contributed by atoms with Crippen LogP contribution in [0.5, 0.6) is 0 Å². The standard InChI is InChI=1S/C23H19F3N2O4/c24-23(25,26)13-27-19(29)12-32-22(30)20-16-7-1-2-9-18(16)28-21-14(5-3-8-17(20)21)11-15-6-4-10-31-15/h1-2,4,6-7,9-11H,3,5,8,12-13H2,(H,27,29). The van der Waals surface area contributed by atoms with E-state index in [0.717, 1.165) is 18.4 Å². The van der Waals surface area contributed by atoms with Gasteiger partial charge >= 0.3 is 12.1 Å². The summed E-state index contributed by atoms with van der Waals surface area (Å²) in [4.78, 5) is 29.4. The molecule has 1 aromatic carbocycles. The molecule has 3 aromatic rings. The van der Waals surface area contributed by atoms with Crippen LogP contribution >= 0.6 is 0 Å². The predicted molar refractivity (Wildman–Crippen MR) is 111 cm³/mol. The van der Waals surface area contributed by atoms with Crippen molar-refractivity contribution in [1.29, 1.82) is 0 Å². The number of halogens is 3. The number of amides is 1. The Labute approximate surface area is 181 Å². The Morgan fingerprint density at radius 3 is 2.72 bits per heavy atom. The van der Waals surface area contributed by atoms with Crippen molar-refractivity contribution in [1.82, 2.24) is 10.3 Å². The number of carbonyl (C=O) groups excluding carboxylic acids is 2. The highest BCUT2D eigenvalue weighted by Crippen LogP contribution is 2.36. The van der Waals surface area contributed by atoms with E-state index >= 15 is 0 Å². The summed E-state index contributed by atoms with van der Waals surface area (Å²) in [5, 5.41) is 2.25. The van der Waals surface area contributed by atoms with E-state index in [2.05, 4.69) is 0 Å². The summed E-state index contributed by atoms with van der Waals surface area (Å²) in [5.41, 5.74) is 3.10. The van der Waals surface area contributed by atoms with Crippen molar-refractivity contribution in [3.8, 4) is 0 Å². The molecule has 2 aromatic heterocycles. The van der Waals surface area contributed by atoms with Gasteiger partial charge in [-0.15, -0.1) is 0 Å². The average molecular weight is 444 g/mol. The minimum atomic E-state index is -4.54. The monoisotopic (exact) mass is 444 g/mol. The number of carbonyl (C=O) groups is 2. The third-order valence-electron chi connectivity index (χ3n) is 5.05. The predicted octanol–water partition coefficient (Wildman–Crippen LogP) is 4.54. The van der Waals surface area contributed by atoms with Gasteiger partial charge in [0.05, 0.1) is 23.0 Å². The molecule has 0 unspecified atom stereocenters. The molecule has 6 nitrogen and oxygen atoms in total. The smallest absolute Gasteiger partial charge is 0.405 e. The number of furan rings is 1. The molecule has 1 amide bonds. The van der Waals surface area contributed by atoms with Crippen LogP contribution in [0.15, 0.2) is 47.1 Å². The average Bonchev–Trinajstić information content (AvgIpc) is 3.27. The van der Waals surface area contributed by atoms with Crippen molar-refractivity contribution in [2.45, 2.75) is 25.4 Å². The lowest BCUT2D eigenvalue weighted by atomic mass is 9.86. The van der Waals surface area contributed by atoms with Crippen LogP contribution in [-0.2, 0) is 16.0 Å². The molecule has 0 saturated heterocycles. The second-order valence-electron chi connectivity index (χ2n) is 7.34. The van der Waals surface area contributed by atoms with Gasteiger partial charge in [-0.25, -0.2) is 9.78 Å². The number of alkyl halides is 3. The molecule has 0 atom stereocenters. The Hall–Kier alpha value is -3.62. The van der Waals surface area contributed by atoms with Crippen LogP contribution in [0.4, 0.5) is 13.2 Å². The highest BCUT2D eigenvalue weighted by molar-refractivity contribution is 6.07.